The van der Waals surface area contributed by atoms with Gasteiger partial charge in [0.15, 0.2) is 0 Å². The van der Waals surface area contributed by atoms with Crippen LogP contribution in [-0.4, -0.2) is 43.3 Å². The predicted molar refractivity (Wildman–Crippen MR) is 113 cm³/mol. The number of thiazole rings is 1. The minimum Gasteiger partial charge on any atom is -0.341 e. The van der Waals surface area contributed by atoms with Crippen molar-refractivity contribution in [3.8, 4) is 0 Å². The Morgan fingerprint density at radius 2 is 1.89 bits per heavy atom. The number of carbonyl (C=O) groups is 1. The van der Waals surface area contributed by atoms with Crippen LogP contribution < -0.4 is 4.72 Å². The van der Waals surface area contributed by atoms with Crippen LogP contribution in [-0.2, 0) is 14.8 Å². The molecule has 3 rings (SSSR count). The molecule has 1 atom stereocenters. The number of amides is 1. The van der Waals surface area contributed by atoms with Crippen molar-refractivity contribution >= 4 is 37.5 Å². The molecule has 2 aromatic rings. The summed E-state index contributed by atoms with van der Waals surface area (Å²) in [4.78, 5) is 19.5. The van der Waals surface area contributed by atoms with Gasteiger partial charge in [-0.3, -0.25) is 4.79 Å². The van der Waals surface area contributed by atoms with Gasteiger partial charge >= 0.3 is 0 Å². The van der Waals surface area contributed by atoms with E-state index in [0.717, 1.165) is 40.9 Å². The second kappa shape index (κ2) is 8.88. The van der Waals surface area contributed by atoms with Crippen molar-refractivity contribution in [2.75, 3.05) is 13.1 Å². The summed E-state index contributed by atoms with van der Waals surface area (Å²) in [6, 6.07) is 4.20. The van der Waals surface area contributed by atoms with E-state index in [1.807, 2.05) is 25.7 Å². The largest absolute Gasteiger partial charge is 0.341 e. The smallest absolute Gasteiger partial charge is 0.241 e. The zero-order chi connectivity index (χ0) is 20.3. The van der Waals surface area contributed by atoms with Gasteiger partial charge in [-0.25, -0.2) is 13.4 Å². The summed E-state index contributed by atoms with van der Waals surface area (Å²) in [5, 5.41) is 0.895. The number of aromatic nitrogens is 1. The molecular weight excluding hydrogens is 394 g/mol. The number of rotatable bonds is 6. The molecule has 1 aliphatic heterocycles. The Kier molecular flexibility index (Phi) is 6.73. The highest BCUT2D eigenvalue weighted by Crippen LogP contribution is 2.25. The highest BCUT2D eigenvalue weighted by atomic mass is 32.2. The molecule has 8 heteroatoms. The number of fused-ring (bicyclic) bond motifs is 1. The number of nitrogens with one attached hydrogen (secondary N) is 1. The van der Waals surface area contributed by atoms with E-state index >= 15 is 0 Å². The molecule has 1 aliphatic rings. The van der Waals surface area contributed by atoms with Crippen molar-refractivity contribution in [1.29, 1.82) is 0 Å². The zero-order valence-electron chi connectivity index (χ0n) is 16.8. The van der Waals surface area contributed by atoms with E-state index in [0.29, 0.717) is 19.5 Å². The molecule has 0 bridgehead atoms. The van der Waals surface area contributed by atoms with E-state index in [2.05, 4.69) is 9.71 Å². The summed E-state index contributed by atoms with van der Waals surface area (Å²) in [6.45, 7) is 7.32. The van der Waals surface area contributed by atoms with Gasteiger partial charge in [0.25, 0.3) is 0 Å². The van der Waals surface area contributed by atoms with Crippen molar-refractivity contribution in [3.63, 3.8) is 0 Å². The van der Waals surface area contributed by atoms with Crippen molar-refractivity contribution < 1.29 is 13.2 Å². The lowest BCUT2D eigenvalue weighted by atomic mass is 10.0. The third-order valence-electron chi connectivity index (χ3n) is 5.00. The number of nitrogens with zero attached hydrogens (tertiary/aromatic N) is 2. The van der Waals surface area contributed by atoms with Crippen LogP contribution in [0.3, 0.4) is 0 Å². The van der Waals surface area contributed by atoms with Crippen LogP contribution in [0.1, 0.15) is 51.0 Å². The summed E-state index contributed by atoms with van der Waals surface area (Å²) >= 11 is 1.46. The molecule has 28 heavy (non-hydrogen) atoms. The Balaban J connectivity index is 1.84. The average Bonchev–Trinajstić information content (AvgIpc) is 2.81. The van der Waals surface area contributed by atoms with Gasteiger partial charge in [-0.1, -0.05) is 26.7 Å². The van der Waals surface area contributed by atoms with Crippen LogP contribution in [0.5, 0.6) is 0 Å². The summed E-state index contributed by atoms with van der Waals surface area (Å²) < 4.78 is 29.6. The highest BCUT2D eigenvalue weighted by molar-refractivity contribution is 7.89. The second-order valence-corrected chi connectivity index (χ2v) is 10.9. The topological polar surface area (TPSA) is 79.4 Å². The quantitative estimate of drug-likeness (QED) is 0.768. The fraction of sp³-hybridized carbons (Fsp3) is 0.600. The monoisotopic (exact) mass is 423 g/mol. The summed E-state index contributed by atoms with van der Waals surface area (Å²) in [6.07, 6.45) is 4.69. The van der Waals surface area contributed by atoms with Gasteiger partial charge in [0.1, 0.15) is 6.04 Å². The number of hydrogen-bond donors (Lipinski definition) is 1. The minimum atomic E-state index is -3.80. The third-order valence-corrected chi connectivity index (χ3v) is 7.40. The first-order valence-corrected chi connectivity index (χ1v) is 12.2. The predicted octanol–water partition coefficient (Wildman–Crippen LogP) is 3.70. The van der Waals surface area contributed by atoms with Crippen LogP contribution in [0.4, 0.5) is 0 Å². The fourth-order valence-corrected chi connectivity index (χ4v) is 5.79. The second-order valence-electron chi connectivity index (χ2n) is 7.91. The van der Waals surface area contributed by atoms with Crippen LogP contribution in [0.2, 0.25) is 0 Å². The van der Waals surface area contributed by atoms with Gasteiger partial charge in [0.05, 0.1) is 20.1 Å². The lowest BCUT2D eigenvalue weighted by molar-refractivity contribution is -0.133. The average molecular weight is 424 g/mol. The fourth-order valence-electron chi connectivity index (χ4n) is 3.62. The number of likely N-dealkylation sites (tertiary alicyclic amines) is 1. The summed E-state index contributed by atoms with van der Waals surface area (Å²) in [5.41, 5.74) is 0.792. The molecule has 1 fully saturated rings. The molecule has 1 amide bonds. The lowest BCUT2D eigenvalue weighted by Gasteiger charge is -2.27. The molecule has 0 saturated carbocycles. The van der Waals surface area contributed by atoms with E-state index < -0.39 is 16.1 Å². The number of carbonyl (C=O) groups excluding carboxylic acids is 1. The maximum absolute atomic E-state index is 13.1. The van der Waals surface area contributed by atoms with Crippen LogP contribution in [0, 0.1) is 12.8 Å². The Hall–Kier alpha value is -1.51. The Morgan fingerprint density at radius 1 is 1.21 bits per heavy atom. The molecule has 0 spiro atoms. The van der Waals surface area contributed by atoms with E-state index in [-0.39, 0.29) is 16.7 Å². The Labute approximate surface area is 171 Å². The molecule has 0 radical (unpaired) electrons. The highest BCUT2D eigenvalue weighted by Gasteiger charge is 2.30. The number of aryl methyl sites for hydroxylation is 1. The van der Waals surface area contributed by atoms with Gasteiger partial charge in [0, 0.05) is 13.1 Å². The van der Waals surface area contributed by atoms with Gasteiger partial charge < -0.3 is 4.90 Å². The normalized spacial score (nSPS) is 17.1. The first-order chi connectivity index (χ1) is 13.3. The third kappa shape index (κ3) is 5.10. The zero-order valence-corrected chi connectivity index (χ0v) is 18.4. The van der Waals surface area contributed by atoms with Crippen molar-refractivity contribution in [3.05, 3.63) is 23.2 Å². The van der Waals surface area contributed by atoms with Crippen molar-refractivity contribution in [1.82, 2.24) is 14.6 Å². The number of hydrogen-bond acceptors (Lipinski definition) is 5. The molecule has 1 saturated heterocycles. The summed E-state index contributed by atoms with van der Waals surface area (Å²) in [7, 11) is -3.80. The standard InChI is InChI=1S/C20H29N3O3S2/c1-14(2)12-18(20(24)23-10-6-4-5-7-11-23)22-28(25,26)16-8-9-17-19(13-16)27-15(3)21-17/h8-9,13-14,18,22H,4-7,10-12H2,1-3H3/t18-/m0/s1. The van der Waals surface area contributed by atoms with Crippen LogP contribution in [0.15, 0.2) is 23.1 Å². The van der Waals surface area contributed by atoms with Gasteiger partial charge in [-0.05, 0) is 50.3 Å². The van der Waals surface area contributed by atoms with E-state index in [9.17, 15) is 13.2 Å². The molecule has 0 aliphatic carbocycles. The lowest BCUT2D eigenvalue weighted by Crippen LogP contribution is -2.49. The van der Waals surface area contributed by atoms with Gasteiger partial charge in [-0.2, -0.15) is 4.72 Å². The Morgan fingerprint density at radius 3 is 2.54 bits per heavy atom. The van der Waals surface area contributed by atoms with Crippen LogP contribution >= 0.6 is 11.3 Å². The SMILES string of the molecule is Cc1nc2ccc(S(=O)(=O)N[C@@H](CC(C)C)C(=O)N3CCCCCC3)cc2s1. The van der Waals surface area contributed by atoms with Gasteiger partial charge in [-0.15, -0.1) is 11.3 Å². The maximum atomic E-state index is 13.1. The molecule has 2 heterocycles. The Bertz CT molecular complexity index is 929. The molecule has 1 aromatic heterocycles. The first-order valence-electron chi connectivity index (χ1n) is 9.94. The molecule has 1 aromatic carbocycles. The van der Waals surface area contributed by atoms with Crippen LogP contribution in [0.25, 0.3) is 10.2 Å². The van der Waals surface area contributed by atoms with Gasteiger partial charge in [0.2, 0.25) is 15.9 Å². The minimum absolute atomic E-state index is 0.103. The molecule has 154 valence electrons. The van der Waals surface area contributed by atoms with E-state index in [1.54, 1.807) is 18.2 Å². The van der Waals surface area contributed by atoms with Crippen molar-refractivity contribution in [2.24, 2.45) is 5.92 Å². The molecule has 0 unspecified atom stereocenters. The molecule has 6 nitrogen and oxygen atoms in total. The van der Waals surface area contributed by atoms with Crippen molar-refractivity contribution in [2.45, 2.75) is 63.8 Å². The molecule has 1 N–H and O–H groups in total. The number of sulfonamides is 1. The summed E-state index contributed by atoms with van der Waals surface area (Å²) in [5.74, 6) is 0.101. The van der Waals surface area contributed by atoms with E-state index in [4.69, 9.17) is 0 Å². The first kappa shape index (κ1) is 21.2. The molecular formula is C20H29N3O3S2. The van der Waals surface area contributed by atoms with E-state index in [1.165, 1.54) is 11.3 Å². The maximum Gasteiger partial charge on any atom is 0.241 e. The number of benzene rings is 1.